The molecule has 1 N–H and O–H groups in total. The number of carbonyl (C=O) groups excluding carboxylic acids is 2. The summed E-state index contributed by atoms with van der Waals surface area (Å²) in [6, 6.07) is 0.776. The molecular weight excluding hydrogens is 366 g/mol. The van der Waals surface area contributed by atoms with Gasteiger partial charge in [0.25, 0.3) is 0 Å². The second-order valence-electron chi connectivity index (χ2n) is 4.96. The molecule has 128 valence electrons. The molecule has 0 radical (unpaired) electrons. The number of methoxy groups -OCH3 is 1. The third-order valence-electron chi connectivity index (χ3n) is 3.25. The lowest BCUT2D eigenvalue weighted by atomic mass is 10.0. The van der Waals surface area contributed by atoms with Crippen LogP contribution in [0.2, 0.25) is 10.0 Å². The molecule has 1 saturated carbocycles. The molecule has 24 heavy (non-hydrogen) atoms. The van der Waals surface area contributed by atoms with E-state index in [4.69, 9.17) is 23.2 Å². The predicted molar refractivity (Wildman–Crippen MR) is 83.7 cm³/mol. The molecule has 0 saturated heterocycles. The summed E-state index contributed by atoms with van der Waals surface area (Å²) in [4.78, 5) is 34.3. The minimum Gasteiger partial charge on any atom is -0.465 e. The first kappa shape index (κ1) is 18.2. The van der Waals surface area contributed by atoms with Gasteiger partial charge in [-0.3, -0.25) is 14.9 Å². The lowest BCUT2D eigenvalue weighted by molar-refractivity contribution is -0.384. The number of halogens is 3. The molecule has 2 rings (SSSR count). The number of hydrogen-bond acceptors (Lipinski definition) is 6. The van der Waals surface area contributed by atoms with Crippen LogP contribution in [0.3, 0.4) is 0 Å². The number of ketones is 1. The summed E-state index contributed by atoms with van der Waals surface area (Å²) in [5, 5.41) is 12.3. The van der Waals surface area contributed by atoms with Crippen molar-refractivity contribution >= 4 is 40.6 Å². The molecule has 0 aromatic heterocycles. The Bertz CT molecular complexity index is 762. The smallest absolute Gasteiger partial charge is 0.343 e. The van der Waals surface area contributed by atoms with Crippen LogP contribution in [0, 0.1) is 15.9 Å². The molecule has 0 aliphatic heterocycles. The summed E-state index contributed by atoms with van der Waals surface area (Å²) in [7, 11) is 1.06. The zero-order chi connectivity index (χ0) is 18.0. The number of esters is 1. The van der Waals surface area contributed by atoms with Crippen molar-refractivity contribution in [1.29, 1.82) is 0 Å². The van der Waals surface area contributed by atoms with Crippen LogP contribution in [0.5, 0.6) is 0 Å². The molecule has 0 atom stereocenters. The summed E-state index contributed by atoms with van der Waals surface area (Å²) < 4.78 is 18.3. The fraction of sp³-hybridized carbons (Fsp3) is 0.286. The molecule has 1 aromatic carbocycles. The summed E-state index contributed by atoms with van der Waals surface area (Å²) in [5.74, 6) is -3.20. The van der Waals surface area contributed by atoms with E-state index in [-0.39, 0.29) is 6.04 Å². The summed E-state index contributed by atoms with van der Waals surface area (Å²) in [6.45, 7) is 0. The van der Waals surface area contributed by atoms with E-state index in [1.54, 1.807) is 0 Å². The highest BCUT2D eigenvalue weighted by Gasteiger charge is 2.31. The average Bonchev–Trinajstić information content (AvgIpc) is 3.34. The number of nitro groups is 1. The van der Waals surface area contributed by atoms with Crippen LogP contribution in [-0.2, 0) is 9.53 Å². The molecule has 1 aliphatic carbocycles. The fourth-order valence-corrected chi connectivity index (χ4v) is 2.41. The first-order chi connectivity index (χ1) is 11.3. The number of nitro benzene ring substituents is 1. The van der Waals surface area contributed by atoms with Gasteiger partial charge in [0.15, 0.2) is 5.02 Å². The van der Waals surface area contributed by atoms with Crippen LogP contribution in [0.25, 0.3) is 0 Å². The summed E-state index contributed by atoms with van der Waals surface area (Å²) in [5.41, 5.74) is -1.96. The number of nitrogens with one attached hydrogen (secondary N) is 1. The fourth-order valence-electron chi connectivity index (χ4n) is 1.84. The number of benzene rings is 1. The Hall–Kier alpha value is -2.19. The number of carbonyl (C=O) groups is 2. The van der Waals surface area contributed by atoms with Crippen molar-refractivity contribution in [3.8, 4) is 0 Å². The third-order valence-corrected chi connectivity index (χ3v) is 3.99. The van der Waals surface area contributed by atoms with E-state index in [1.165, 1.54) is 0 Å². The van der Waals surface area contributed by atoms with Crippen LogP contribution < -0.4 is 5.32 Å². The zero-order valence-electron chi connectivity index (χ0n) is 12.3. The normalized spacial score (nSPS) is 14.2. The van der Waals surface area contributed by atoms with Gasteiger partial charge in [0.2, 0.25) is 5.78 Å². The van der Waals surface area contributed by atoms with Crippen molar-refractivity contribution in [2.75, 3.05) is 7.11 Å². The van der Waals surface area contributed by atoms with E-state index in [1.807, 2.05) is 0 Å². The van der Waals surface area contributed by atoms with E-state index in [9.17, 15) is 24.1 Å². The molecule has 10 heteroatoms. The molecular formula is C14H11Cl2FN2O5. The number of Topliss-reactive ketones (excluding diaryl/α,β-unsaturated/α-hetero) is 1. The maximum absolute atomic E-state index is 13.8. The summed E-state index contributed by atoms with van der Waals surface area (Å²) >= 11 is 11.3. The Labute approximate surface area is 145 Å². The molecule has 0 heterocycles. The third kappa shape index (κ3) is 3.65. The number of ether oxygens (including phenoxy) is 1. The van der Waals surface area contributed by atoms with Gasteiger partial charge >= 0.3 is 11.7 Å². The van der Waals surface area contributed by atoms with Crippen molar-refractivity contribution in [3.63, 3.8) is 0 Å². The van der Waals surface area contributed by atoms with Crippen LogP contribution in [0.1, 0.15) is 23.2 Å². The first-order valence-corrected chi connectivity index (χ1v) is 7.44. The maximum Gasteiger partial charge on any atom is 0.343 e. The molecule has 0 bridgehead atoms. The van der Waals surface area contributed by atoms with Gasteiger partial charge in [0.1, 0.15) is 16.4 Å². The van der Waals surface area contributed by atoms with Crippen molar-refractivity contribution in [3.05, 3.63) is 49.4 Å². The molecule has 0 spiro atoms. The number of rotatable bonds is 6. The minimum absolute atomic E-state index is 0.129. The highest BCUT2D eigenvalue weighted by molar-refractivity contribution is 6.42. The minimum atomic E-state index is -1.20. The van der Waals surface area contributed by atoms with Crippen LogP contribution in [0.15, 0.2) is 17.8 Å². The van der Waals surface area contributed by atoms with E-state index >= 15 is 0 Å². The Morgan fingerprint density at radius 3 is 2.54 bits per heavy atom. The van der Waals surface area contributed by atoms with Gasteiger partial charge in [0, 0.05) is 12.2 Å². The van der Waals surface area contributed by atoms with Gasteiger partial charge in [0.05, 0.1) is 17.6 Å². The Balaban J connectivity index is 2.51. The summed E-state index contributed by atoms with van der Waals surface area (Å²) in [6.07, 6.45) is 2.89. The number of hydrogen-bond donors (Lipinski definition) is 1. The van der Waals surface area contributed by atoms with Crippen LogP contribution >= 0.6 is 23.2 Å². The van der Waals surface area contributed by atoms with Crippen molar-refractivity contribution in [1.82, 2.24) is 5.32 Å². The average molecular weight is 377 g/mol. The Morgan fingerprint density at radius 2 is 2.04 bits per heavy atom. The van der Waals surface area contributed by atoms with Crippen molar-refractivity contribution in [2.45, 2.75) is 18.9 Å². The largest absolute Gasteiger partial charge is 0.465 e. The van der Waals surface area contributed by atoms with Gasteiger partial charge in [-0.25, -0.2) is 9.18 Å². The van der Waals surface area contributed by atoms with Gasteiger partial charge < -0.3 is 10.1 Å². The van der Waals surface area contributed by atoms with E-state index in [0.717, 1.165) is 26.2 Å². The topological polar surface area (TPSA) is 98.5 Å². The highest BCUT2D eigenvalue weighted by atomic mass is 35.5. The molecule has 0 unspecified atom stereocenters. The lowest BCUT2D eigenvalue weighted by Gasteiger charge is -2.09. The quantitative estimate of drug-likeness (QED) is 0.120. The molecule has 1 aliphatic rings. The standard InChI is InChI=1S/C14H11Cl2FN2O5/c1-24-14(21)8(5-18-6-2-3-6)13(20)7-4-9(17)11(16)12(10(7)15)19(22)23/h4-6,18H,2-3H2,1H3. The van der Waals surface area contributed by atoms with Gasteiger partial charge in [-0.15, -0.1) is 0 Å². The molecule has 7 nitrogen and oxygen atoms in total. The Kier molecular flexibility index (Phi) is 5.40. The van der Waals surface area contributed by atoms with Gasteiger partial charge in [-0.2, -0.15) is 0 Å². The van der Waals surface area contributed by atoms with Gasteiger partial charge in [-0.05, 0) is 18.9 Å². The van der Waals surface area contributed by atoms with Gasteiger partial charge in [-0.1, -0.05) is 23.2 Å². The van der Waals surface area contributed by atoms with Crippen LogP contribution in [-0.4, -0.2) is 29.8 Å². The Morgan fingerprint density at radius 1 is 1.42 bits per heavy atom. The second-order valence-corrected chi connectivity index (χ2v) is 5.72. The molecule has 0 amide bonds. The predicted octanol–water partition coefficient (Wildman–Crippen LogP) is 3.03. The highest BCUT2D eigenvalue weighted by Crippen LogP contribution is 2.38. The van der Waals surface area contributed by atoms with Crippen LogP contribution in [0.4, 0.5) is 10.1 Å². The SMILES string of the molecule is COC(=O)C(=CNC1CC1)C(=O)c1cc(F)c(Cl)c([N+](=O)[O-])c1Cl. The molecule has 1 fully saturated rings. The van der Waals surface area contributed by atoms with E-state index < -0.39 is 49.4 Å². The first-order valence-electron chi connectivity index (χ1n) is 6.69. The van der Waals surface area contributed by atoms with E-state index in [0.29, 0.717) is 6.07 Å². The second kappa shape index (κ2) is 7.14. The van der Waals surface area contributed by atoms with E-state index in [2.05, 4.69) is 10.1 Å². The monoisotopic (exact) mass is 376 g/mol. The lowest BCUT2D eigenvalue weighted by Crippen LogP contribution is -2.20. The maximum atomic E-state index is 13.8. The van der Waals surface area contributed by atoms with Crippen molar-refractivity contribution in [2.24, 2.45) is 0 Å². The number of nitrogens with zero attached hydrogens (tertiary/aromatic N) is 1. The van der Waals surface area contributed by atoms with Crippen molar-refractivity contribution < 1.29 is 23.6 Å². The molecule has 1 aromatic rings. The zero-order valence-corrected chi connectivity index (χ0v) is 13.8.